The van der Waals surface area contributed by atoms with Crippen molar-refractivity contribution >= 4 is 33.2 Å². The summed E-state index contributed by atoms with van der Waals surface area (Å²) in [5.74, 6) is -1.41. The Morgan fingerprint density at radius 3 is 2.21 bits per heavy atom. The molecule has 33 heavy (non-hydrogen) atoms. The van der Waals surface area contributed by atoms with E-state index < -0.39 is 21.8 Å². The first-order chi connectivity index (χ1) is 15.8. The van der Waals surface area contributed by atoms with Crippen LogP contribution in [0.5, 0.6) is 0 Å². The lowest BCUT2D eigenvalue weighted by Crippen LogP contribution is -2.22. The number of anilines is 1. The summed E-state index contributed by atoms with van der Waals surface area (Å²) in [6.07, 6.45) is 1.35. The molecule has 0 saturated carbocycles. The first kappa shape index (κ1) is 22.1. The maximum atomic E-state index is 13.2. The van der Waals surface area contributed by atoms with E-state index in [-0.39, 0.29) is 27.7 Å². The number of allylic oxidation sites excluding steroid dienone is 2. The molecule has 166 valence electrons. The Hall–Kier alpha value is -4.11. The molecular weight excluding hydrogens is 447 g/mol. The van der Waals surface area contributed by atoms with E-state index in [1.807, 2.05) is 0 Å². The highest BCUT2D eigenvalue weighted by atomic mass is 32.2. The standard InChI is InChI=1S/C24H17FN2O5S/c1-32-24(29)15-6-10-17(11-7-15)26-22-14-21(19-4-2-3-5-20(19)23(22)28)27-33(30,31)18-12-8-16(25)9-13-18/h2-14,26H,1H3. The number of Topliss-reactive ketones (excluding diaryl/α,β-unsaturated/α-hetero) is 1. The van der Waals surface area contributed by atoms with Gasteiger partial charge in [0.25, 0.3) is 10.0 Å². The van der Waals surface area contributed by atoms with Gasteiger partial charge in [-0.3, -0.25) is 4.79 Å². The fourth-order valence-electron chi connectivity index (χ4n) is 3.25. The van der Waals surface area contributed by atoms with Crippen LogP contribution in [-0.2, 0) is 14.8 Å². The van der Waals surface area contributed by atoms with E-state index in [4.69, 9.17) is 0 Å². The SMILES string of the molecule is COC(=O)c1ccc(NC2=CC(=NS(=O)(=O)c3ccc(F)cc3)c3ccccc3C2=O)cc1. The molecule has 0 aromatic heterocycles. The van der Waals surface area contributed by atoms with Crippen LogP contribution in [0.3, 0.4) is 0 Å². The summed E-state index contributed by atoms with van der Waals surface area (Å²) < 4.78 is 47.4. The lowest BCUT2D eigenvalue weighted by Gasteiger charge is -2.19. The van der Waals surface area contributed by atoms with Crippen molar-refractivity contribution in [1.29, 1.82) is 0 Å². The van der Waals surface area contributed by atoms with Crippen molar-refractivity contribution in [3.8, 4) is 0 Å². The second-order valence-corrected chi connectivity index (χ2v) is 8.64. The Balaban J connectivity index is 1.74. The maximum Gasteiger partial charge on any atom is 0.337 e. The monoisotopic (exact) mass is 464 g/mol. The quantitative estimate of drug-likeness (QED) is 0.573. The van der Waals surface area contributed by atoms with Crippen molar-refractivity contribution in [2.24, 2.45) is 4.40 Å². The van der Waals surface area contributed by atoms with Crippen molar-refractivity contribution in [1.82, 2.24) is 0 Å². The fraction of sp³-hybridized carbons (Fsp3) is 0.0417. The van der Waals surface area contributed by atoms with Gasteiger partial charge in [-0.25, -0.2) is 9.18 Å². The summed E-state index contributed by atoms with van der Waals surface area (Å²) in [5.41, 5.74) is 1.64. The zero-order valence-corrected chi connectivity index (χ0v) is 18.1. The highest BCUT2D eigenvalue weighted by molar-refractivity contribution is 7.90. The van der Waals surface area contributed by atoms with Gasteiger partial charge in [-0.05, 0) is 54.6 Å². The molecule has 0 amide bonds. The van der Waals surface area contributed by atoms with Crippen LogP contribution in [0.15, 0.2) is 93.9 Å². The molecular formula is C24H17FN2O5S. The van der Waals surface area contributed by atoms with Gasteiger partial charge in [0.15, 0.2) is 0 Å². The maximum absolute atomic E-state index is 13.2. The molecule has 0 saturated heterocycles. The number of ketones is 1. The van der Waals surface area contributed by atoms with Gasteiger partial charge in [-0.15, -0.1) is 0 Å². The second-order valence-electron chi connectivity index (χ2n) is 7.03. The van der Waals surface area contributed by atoms with Gasteiger partial charge in [0.05, 0.1) is 29.0 Å². The first-order valence-corrected chi connectivity index (χ1v) is 11.1. The van der Waals surface area contributed by atoms with Crippen molar-refractivity contribution < 1.29 is 27.1 Å². The predicted octanol–water partition coefficient (Wildman–Crippen LogP) is 3.98. The Kier molecular flexibility index (Phi) is 5.89. The molecule has 7 nitrogen and oxygen atoms in total. The average Bonchev–Trinajstić information content (AvgIpc) is 2.82. The molecule has 3 aromatic carbocycles. The summed E-state index contributed by atoms with van der Waals surface area (Å²) >= 11 is 0. The summed E-state index contributed by atoms with van der Waals surface area (Å²) in [6, 6.07) is 17.1. The number of esters is 1. The molecule has 3 aromatic rings. The lowest BCUT2D eigenvalue weighted by atomic mass is 9.92. The lowest BCUT2D eigenvalue weighted by molar-refractivity contribution is 0.0600. The number of rotatable bonds is 5. The fourth-order valence-corrected chi connectivity index (χ4v) is 4.25. The first-order valence-electron chi connectivity index (χ1n) is 9.70. The average molecular weight is 464 g/mol. The number of benzene rings is 3. The number of methoxy groups -OCH3 is 1. The smallest absolute Gasteiger partial charge is 0.337 e. The number of carbonyl (C=O) groups excluding carboxylic acids is 2. The predicted molar refractivity (Wildman–Crippen MR) is 120 cm³/mol. The van der Waals surface area contributed by atoms with E-state index in [2.05, 4.69) is 14.5 Å². The number of hydrogen-bond acceptors (Lipinski definition) is 6. The van der Waals surface area contributed by atoms with Crippen molar-refractivity contribution in [2.45, 2.75) is 4.90 Å². The van der Waals surface area contributed by atoms with Crippen LogP contribution < -0.4 is 5.32 Å². The van der Waals surface area contributed by atoms with Crippen LogP contribution in [0.2, 0.25) is 0 Å². The molecule has 1 aliphatic carbocycles. The Labute approximate surface area is 189 Å². The van der Waals surface area contributed by atoms with Crippen LogP contribution in [0, 0.1) is 5.82 Å². The number of carbonyl (C=O) groups is 2. The molecule has 0 radical (unpaired) electrons. The topological polar surface area (TPSA) is 102 Å². The summed E-state index contributed by atoms with van der Waals surface area (Å²) in [6.45, 7) is 0. The molecule has 1 N–H and O–H groups in total. The minimum atomic E-state index is -4.16. The minimum Gasteiger partial charge on any atom is -0.465 e. The summed E-state index contributed by atoms with van der Waals surface area (Å²) in [7, 11) is -2.89. The zero-order chi connectivity index (χ0) is 23.6. The normalized spacial score (nSPS) is 14.4. The number of halogens is 1. The number of hydrogen-bond donors (Lipinski definition) is 1. The van der Waals surface area contributed by atoms with Crippen molar-refractivity contribution in [3.05, 3.63) is 107 Å². The van der Waals surface area contributed by atoms with Gasteiger partial charge in [0, 0.05) is 16.8 Å². The zero-order valence-electron chi connectivity index (χ0n) is 17.3. The Morgan fingerprint density at radius 1 is 0.939 bits per heavy atom. The number of ether oxygens (including phenoxy) is 1. The number of fused-ring (bicyclic) bond motifs is 1. The molecule has 9 heteroatoms. The van der Waals surface area contributed by atoms with Crippen molar-refractivity contribution in [2.75, 3.05) is 12.4 Å². The van der Waals surface area contributed by atoms with Crippen LogP contribution in [-0.4, -0.2) is 33.0 Å². The second kappa shape index (κ2) is 8.79. The van der Waals surface area contributed by atoms with Crippen LogP contribution in [0.4, 0.5) is 10.1 Å². The molecule has 0 bridgehead atoms. The molecule has 0 spiro atoms. The van der Waals surface area contributed by atoms with Gasteiger partial charge in [-0.2, -0.15) is 12.8 Å². The van der Waals surface area contributed by atoms with E-state index >= 15 is 0 Å². The number of nitrogens with one attached hydrogen (secondary N) is 1. The van der Waals surface area contributed by atoms with Crippen molar-refractivity contribution in [3.63, 3.8) is 0 Å². The highest BCUT2D eigenvalue weighted by Crippen LogP contribution is 2.25. The molecule has 0 heterocycles. The molecule has 4 rings (SSSR count). The molecule has 1 aliphatic rings. The van der Waals surface area contributed by atoms with Gasteiger partial charge in [0.1, 0.15) is 5.82 Å². The van der Waals surface area contributed by atoms with E-state index in [1.54, 1.807) is 36.4 Å². The van der Waals surface area contributed by atoms with E-state index in [1.165, 1.54) is 25.3 Å². The minimum absolute atomic E-state index is 0.0585. The van der Waals surface area contributed by atoms with Gasteiger partial charge < -0.3 is 10.1 Å². The molecule has 0 aliphatic heterocycles. The third-order valence-electron chi connectivity index (χ3n) is 4.89. The molecule has 0 atom stereocenters. The van der Waals surface area contributed by atoms with Gasteiger partial charge in [-0.1, -0.05) is 24.3 Å². The summed E-state index contributed by atoms with van der Waals surface area (Å²) in [5, 5.41) is 2.95. The summed E-state index contributed by atoms with van der Waals surface area (Å²) in [4.78, 5) is 24.5. The van der Waals surface area contributed by atoms with E-state index in [0.29, 0.717) is 16.8 Å². The Morgan fingerprint density at radius 2 is 1.58 bits per heavy atom. The van der Waals surface area contributed by atoms with Gasteiger partial charge >= 0.3 is 5.97 Å². The van der Waals surface area contributed by atoms with E-state index in [9.17, 15) is 22.4 Å². The largest absolute Gasteiger partial charge is 0.465 e. The van der Waals surface area contributed by atoms with Crippen LogP contribution >= 0.6 is 0 Å². The molecule has 0 unspecified atom stereocenters. The number of sulfonamides is 1. The van der Waals surface area contributed by atoms with Crippen LogP contribution in [0.25, 0.3) is 0 Å². The highest BCUT2D eigenvalue weighted by Gasteiger charge is 2.26. The molecule has 0 fully saturated rings. The van der Waals surface area contributed by atoms with E-state index in [0.717, 1.165) is 24.3 Å². The van der Waals surface area contributed by atoms with Crippen LogP contribution in [0.1, 0.15) is 26.3 Å². The third kappa shape index (κ3) is 4.58. The number of nitrogens with zero attached hydrogens (tertiary/aromatic N) is 1. The third-order valence-corrected chi connectivity index (χ3v) is 6.19. The Bertz CT molecular complexity index is 1410. The van der Waals surface area contributed by atoms with Gasteiger partial charge in [0.2, 0.25) is 5.78 Å².